The highest BCUT2D eigenvalue weighted by atomic mass is 14.7. The average Bonchev–Trinajstić information content (AvgIpc) is 3.03. The first kappa shape index (κ1) is 7.92. The molecule has 0 aromatic rings. The lowest BCUT2D eigenvalue weighted by Crippen LogP contribution is -2.33. The van der Waals surface area contributed by atoms with E-state index in [0.29, 0.717) is 0 Å². The molecule has 4 bridgehead atoms. The van der Waals surface area contributed by atoms with E-state index >= 15 is 0 Å². The molecule has 0 radical (unpaired) electrons. The summed E-state index contributed by atoms with van der Waals surface area (Å²) in [6.45, 7) is 0. The maximum atomic E-state index is 2.62. The van der Waals surface area contributed by atoms with Crippen LogP contribution in [0.2, 0.25) is 0 Å². The first-order valence-electron chi connectivity index (χ1n) is 7.12. The molecule has 5 aliphatic rings. The molecular formula is C15H20. The van der Waals surface area contributed by atoms with Crippen LogP contribution in [0.15, 0.2) is 11.6 Å². The Morgan fingerprint density at radius 1 is 1.00 bits per heavy atom. The summed E-state index contributed by atoms with van der Waals surface area (Å²) in [5.41, 5.74) is 1.92. The number of hydrogen-bond donors (Lipinski definition) is 0. The van der Waals surface area contributed by atoms with Gasteiger partial charge in [-0.3, -0.25) is 0 Å². The van der Waals surface area contributed by atoms with E-state index in [1.807, 2.05) is 5.57 Å². The van der Waals surface area contributed by atoms with Gasteiger partial charge in [0.1, 0.15) is 0 Å². The van der Waals surface area contributed by atoms with Crippen molar-refractivity contribution in [3.8, 4) is 0 Å². The molecule has 80 valence electrons. The average molecular weight is 200 g/mol. The van der Waals surface area contributed by atoms with Gasteiger partial charge in [0.2, 0.25) is 0 Å². The van der Waals surface area contributed by atoms with Crippen LogP contribution in [0, 0.1) is 41.4 Å². The first-order valence-corrected chi connectivity index (χ1v) is 7.12. The van der Waals surface area contributed by atoms with E-state index in [-0.39, 0.29) is 0 Å². The van der Waals surface area contributed by atoms with Gasteiger partial charge in [-0.2, -0.15) is 0 Å². The Kier molecular flexibility index (Phi) is 1.25. The van der Waals surface area contributed by atoms with Crippen molar-refractivity contribution in [1.82, 2.24) is 0 Å². The van der Waals surface area contributed by atoms with Crippen molar-refractivity contribution < 1.29 is 0 Å². The minimum absolute atomic E-state index is 1.10. The van der Waals surface area contributed by atoms with Gasteiger partial charge < -0.3 is 0 Å². The summed E-state index contributed by atoms with van der Waals surface area (Å²) in [4.78, 5) is 0. The zero-order valence-corrected chi connectivity index (χ0v) is 9.36. The molecule has 7 unspecified atom stereocenters. The van der Waals surface area contributed by atoms with E-state index in [4.69, 9.17) is 0 Å². The van der Waals surface area contributed by atoms with Crippen LogP contribution < -0.4 is 0 Å². The second-order valence-corrected chi connectivity index (χ2v) is 6.90. The lowest BCUT2D eigenvalue weighted by atomic mass is 9.66. The van der Waals surface area contributed by atoms with Gasteiger partial charge in [0.15, 0.2) is 0 Å². The number of allylic oxidation sites excluding steroid dienone is 2. The molecule has 5 aliphatic carbocycles. The van der Waals surface area contributed by atoms with Gasteiger partial charge >= 0.3 is 0 Å². The molecule has 5 rings (SSSR count). The van der Waals surface area contributed by atoms with Crippen LogP contribution in [0.1, 0.15) is 38.5 Å². The zero-order valence-electron chi connectivity index (χ0n) is 9.36. The smallest absolute Gasteiger partial charge is 0.0138 e. The molecule has 15 heavy (non-hydrogen) atoms. The monoisotopic (exact) mass is 200 g/mol. The molecule has 0 spiro atoms. The molecule has 4 fully saturated rings. The van der Waals surface area contributed by atoms with E-state index in [1.165, 1.54) is 36.5 Å². The number of fused-ring (bicyclic) bond motifs is 12. The van der Waals surface area contributed by atoms with Gasteiger partial charge in [-0.15, -0.1) is 0 Å². The lowest BCUT2D eigenvalue weighted by Gasteiger charge is -2.38. The van der Waals surface area contributed by atoms with Crippen molar-refractivity contribution >= 4 is 0 Å². The third kappa shape index (κ3) is 0.736. The second-order valence-electron chi connectivity index (χ2n) is 6.90. The molecule has 0 nitrogen and oxygen atoms in total. The molecule has 0 saturated heterocycles. The highest BCUT2D eigenvalue weighted by molar-refractivity contribution is 5.29. The number of hydrogen-bond acceptors (Lipinski definition) is 0. The predicted molar refractivity (Wildman–Crippen MR) is 60.2 cm³/mol. The highest BCUT2D eigenvalue weighted by Crippen LogP contribution is 2.71. The van der Waals surface area contributed by atoms with Crippen molar-refractivity contribution in [2.75, 3.05) is 0 Å². The SMILES string of the molecule is C1=C2CC(C1)C1C3CC(C4CCCC43)C21. The molecule has 7 atom stereocenters. The van der Waals surface area contributed by atoms with Crippen molar-refractivity contribution in [3.63, 3.8) is 0 Å². The molecule has 0 aliphatic heterocycles. The molecular weight excluding hydrogens is 180 g/mol. The molecule has 0 amide bonds. The van der Waals surface area contributed by atoms with E-state index in [0.717, 1.165) is 17.8 Å². The summed E-state index contributed by atoms with van der Waals surface area (Å²) in [5.74, 6) is 8.10. The fourth-order valence-electron chi connectivity index (χ4n) is 6.65. The number of rotatable bonds is 0. The van der Waals surface area contributed by atoms with Crippen LogP contribution in [0.25, 0.3) is 0 Å². The van der Waals surface area contributed by atoms with Gasteiger partial charge in [-0.05, 0) is 73.5 Å². The lowest BCUT2D eigenvalue weighted by molar-refractivity contribution is 0.119. The van der Waals surface area contributed by atoms with Crippen LogP contribution in [0.4, 0.5) is 0 Å². The quantitative estimate of drug-likeness (QED) is 0.414. The molecule has 0 heteroatoms. The van der Waals surface area contributed by atoms with E-state index in [1.54, 1.807) is 25.7 Å². The Balaban J connectivity index is 1.63. The van der Waals surface area contributed by atoms with Gasteiger partial charge in [-0.25, -0.2) is 0 Å². The van der Waals surface area contributed by atoms with Crippen LogP contribution in [0.5, 0.6) is 0 Å². The van der Waals surface area contributed by atoms with Crippen LogP contribution in [-0.2, 0) is 0 Å². The summed E-state index contributed by atoms with van der Waals surface area (Å²) in [7, 11) is 0. The molecule has 0 aromatic heterocycles. The third-order valence-electron chi connectivity index (χ3n) is 6.79. The third-order valence-corrected chi connectivity index (χ3v) is 6.79. The van der Waals surface area contributed by atoms with Crippen molar-refractivity contribution in [3.05, 3.63) is 11.6 Å². The largest absolute Gasteiger partial charge is 0.0847 e. The van der Waals surface area contributed by atoms with E-state index in [2.05, 4.69) is 6.08 Å². The molecule has 0 N–H and O–H groups in total. The first-order chi connectivity index (χ1) is 7.43. The summed E-state index contributed by atoms with van der Waals surface area (Å²) in [6.07, 6.45) is 12.0. The van der Waals surface area contributed by atoms with E-state index < -0.39 is 0 Å². The maximum Gasteiger partial charge on any atom is -0.0138 e. The molecule has 4 saturated carbocycles. The zero-order chi connectivity index (χ0) is 9.57. The Morgan fingerprint density at radius 2 is 1.87 bits per heavy atom. The van der Waals surface area contributed by atoms with Gasteiger partial charge in [-0.1, -0.05) is 18.1 Å². The van der Waals surface area contributed by atoms with Crippen LogP contribution in [0.3, 0.4) is 0 Å². The highest BCUT2D eigenvalue weighted by Gasteiger charge is 2.63. The maximum absolute atomic E-state index is 2.62. The standard InChI is InChI=1S/C15H20/c1-2-10-11(3-1)13-7-12(10)14-8-4-5-9(6-8)15(13)14/h4,9-15H,1-3,5-7H2. The second kappa shape index (κ2) is 2.36. The summed E-state index contributed by atoms with van der Waals surface area (Å²) in [6, 6.07) is 0. The van der Waals surface area contributed by atoms with Crippen LogP contribution in [-0.4, -0.2) is 0 Å². The van der Waals surface area contributed by atoms with Gasteiger partial charge in [0.25, 0.3) is 0 Å². The summed E-state index contributed by atoms with van der Waals surface area (Å²) >= 11 is 0. The molecule has 0 heterocycles. The topological polar surface area (TPSA) is 0 Å². The Hall–Kier alpha value is -0.260. The van der Waals surface area contributed by atoms with Gasteiger partial charge in [0, 0.05) is 0 Å². The van der Waals surface area contributed by atoms with E-state index in [9.17, 15) is 0 Å². The van der Waals surface area contributed by atoms with Crippen molar-refractivity contribution in [1.29, 1.82) is 0 Å². The molecule has 0 aromatic carbocycles. The van der Waals surface area contributed by atoms with Crippen molar-refractivity contribution in [2.45, 2.75) is 38.5 Å². The Bertz CT molecular complexity index is 353. The minimum atomic E-state index is 1.10. The van der Waals surface area contributed by atoms with Crippen LogP contribution >= 0.6 is 0 Å². The summed E-state index contributed by atoms with van der Waals surface area (Å²) < 4.78 is 0. The summed E-state index contributed by atoms with van der Waals surface area (Å²) in [5, 5.41) is 0. The fraction of sp³-hybridized carbons (Fsp3) is 0.867. The van der Waals surface area contributed by atoms with Gasteiger partial charge in [0.05, 0.1) is 0 Å². The Labute approximate surface area is 92.1 Å². The van der Waals surface area contributed by atoms with Crippen molar-refractivity contribution in [2.24, 2.45) is 41.4 Å². The predicted octanol–water partition coefficient (Wildman–Crippen LogP) is 3.63. The minimum Gasteiger partial charge on any atom is -0.0847 e. The fourth-order valence-corrected chi connectivity index (χ4v) is 6.65. The normalized spacial score (nSPS) is 63.5. The Morgan fingerprint density at radius 3 is 2.80 bits per heavy atom.